The summed E-state index contributed by atoms with van der Waals surface area (Å²) < 4.78 is 6.59. The standard InChI is InChI=1S/C45H66O.CH4.2CH3.2ClH.Zr/c1-25-14-26(2)17-32(16-25)42-34-13-11-12-31(34)22-37-35(29(5)20-39(37)42)23-36-30(6)21-40-38(36)24-41(45(7,8)9)44(46-10)43(40)33-18-27(3)15-28(4)19-33;;;;;;/h14-19,29-31,34-44H,11-13,20-24H2,1-10H3;1H4;2*1H3;2*1H;/q;;2*-1;;;+4/p-2. The van der Waals surface area contributed by atoms with Crippen molar-refractivity contribution < 1.29 is 25.6 Å². The van der Waals surface area contributed by atoms with Crippen LogP contribution in [0.5, 0.6) is 0 Å². The summed E-state index contributed by atoms with van der Waals surface area (Å²) in [4.78, 5) is 0. The van der Waals surface area contributed by atoms with Crippen molar-refractivity contribution in [3.8, 4) is 0 Å². The topological polar surface area (TPSA) is 9.23 Å². The molecule has 0 radical (unpaired) electrons. The number of rotatable bonds is 5. The van der Waals surface area contributed by atoms with E-state index in [1.807, 2.05) is 7.11 Å². The number of aryl methyl sites for hydroxylation is 4. The molecule has 0 bridgehead atoms. The van der Waals surface area contributed by atoms with Gasteiger partial charge in [-0.25, -0.2) is 0 Å². The molecule has 0 spiro atoms. The Kier molecular flexibility index (Phi) is 16.8. The van der Waals surface area contributed by atoms with Crippen LogP contribution in [0.25, 0.3) is 0 Å². The van der Waals surface area contributed by atoms with Crippen LogP contribution in [0, 0.1) is 113 Å². The fourth-order valence-electron chi connectivity index (χ4n) is 13.6. The quantitative estimate of drug-likeness (QED) is 0.273. The second-order valence-corrected chi connectivity index (χ2v) is 22.8. The zero-order valence-corrected chi connectivity index (χ0v) is 38.3. The number of fused-ring (bicyclic) bond motifs is 3. The van der Waals surface area contributed by atoms with Crippen LogP contribution in [0.2, 0.25) is 0 Å². The molecular formula is C48H76Cl2OZr. The van der Waals surface area contributed by atoms with Crippen molar-refractivity contribution in [3.05, 3.63) is 84.6 Å². The third-order valence-corrected chi connectivity index (χ3v) is 15.1. The van der Waals surface area contributed by atoms with Gasteiger partial charge in [0.2, 0.25) is 0 Å². The molecule has 292 valence electrons. The fraction of sp³-hybridized carbons (Fsp3) is 0.708. The maximum atomic E-state index is 6.59. The van der Waals surface area contributed by atoms with Crippen LogP contribution >= 0.6 is 17.0 Å². The molecule has 7 rings (SSSR count). The van der Waals surface area contributed by atoms with Crippen LogP contribution in [-0.2, 0) is 25.6 Å². The third kappa shape index (κ3) is 9.18. The van der Waals surface area contributed by atoms with Crippen molar-refractivity contribution in [1.29, 1.82) is 0 Å². The summed E-state index contributed by atoms with van der Waals surface area (Å²) in [6.07, 6.45) is 12.0. The molecule has 0 aliphatic heterocycles. The number of halogens is 2. The molecule has 2 aromatic carbocycles. The summed E-state index contributed by atoms with van der Waals surface area (Å²) in [5.74, 6) is 10.6. The van der Waals surface area contributed by atoms with Crippen molar-refractivity contribution >= 4 is 17.0 Å². The fourth-order valence-corrected chi connectivity index (χ4v) is 13.6. The molecule has 0 amide bonds. The number of hydrogen-bond donors (Lipinski definition) is 0. The maximum absolute atomic E-state index is 6.59. The Hall–Kier alpha value is -0.137. The van der Waals surface area contributed by atoms with E-state index in [-0.39, 0.29) is 27.7 Å². The second kappa shape index (κ2) is 18.9. The van der Waals surface area contributed by atoms with Gasteiger partial charge in [-0.1, -0.05) is 114 Å². The molecule has 5 aliphatic carbocycles. The van der Waals surface area contributed by atoms with Crippen LogP contribution in [-0.4, -0.2) is 13.2 Å². The van der Waals surface area contributed by atoms with Crippen LogP contribution < -0.4 is 0 Å². The number of ether oxygens (including phenoxy) is 1. The van der Waals surface area contributed by atoms with E-state index in [0.717, 1.165) is 65.1 Å². The summed E-state index contributed by atoms with van der Waals surface area (Å²) >= 11 is -0.826. The van der Waals surface area contributed by atoms with Crippen molar-refractivity contribution in [2.75, 3.05) is 7.11 Å². The molecule has 14 unspecified atom stereocenters. The van der Waals surface area contributed by atoms with Gasteiger partial charge in [0, 0.05) is 13.0 Å². The summed E-state index contributed by atoms with van der Waals surface area (Å²) in [6.45, 7) is 22.0. The minimum absolute atomic E-state index is 0. The van der Waals surface area contributed by atoms with E-state index in [4.69, 9.17) is 21.8 Å². The Morgan fingerprint density at radius 1 is 0.654 bits per heavy atom. The first-order valence-electron chi connectivity index (χ1n) is 19.9. The van der Waals surface area contributed by atoms with Gasteiger partial charge in [-0.3, -0.25) is 0 Å². The van der Waals surface area contributed by atoms with Gasteiger partial charge in [-0.15, -0.1) is 0 Å². The van der Waals surface area contributed by atoms with Gasteiger partial charge in [-0.05, 0) is 154 Å². The molecule has 1 nitrogen and oxygen atoms in total. The Balaban J connectivity index is 0.00000118. The average Bonchev–Trinajstić information content (AvgIpc) is 3.69. The van der Waals surface area contributed by atoms with Crippen molar-refractivity contribution in [2.24, 2.45) is 70.5 Å². The number of benzene rings is 2. The number of hydrogen-bond acceptors (Lipinski definition) is 1. The van der Waals surface area contributed by atoms with Crippen LogP contribution in [0.1, 0.15) is 139 Å². The zero-order chi connectivity index (χ0) is 35.4. The number of methoxy groups -OCH3 is 1. The van der Waals surface area contributed by atoms with E-state index in [0.29, 0.717) is 17.9 Å². The van der Waals surface area contributed by atoms with Gasteiger partial charge in [-0.2, -0.15) is 0 Å². The Morgan fingerprint density at radius 3 is 1.56 bits per heavy atom. The average molecular weight is 831 g/mol. The minimum atomic E-state index is -0.826. The predicted molar refractivity (Wildman–Crippen MR) is 226 cm³/mol. The van der Waals surface area contributed by atoms with Crippen LogP contribution in [0.4, 0.5) is 0 Å². The van der Waals surface area contributed by atoms with Crippen LogP contribution in [0.3, 0.4) is 0 Å². The zero-order valence-electron chi connectivity index (χ0n) is 34.4. The molecule has 0 N–H and O–H groups in total. The summed E-state index contributed by atoms with van der Waals surface area (Å²) in [5, 5.41) is 0. The summed E-state index contributed by atoms with van der Waals surface area (Å²) in [6, 6.07) is 15.0. The van der Waals surface area contributed by atoms with E-state index >= 15 is 0 Å². The van der Waals surface area contributed by atoms with Gasteiger partial charge >= 0.3 is 37.9 Å². The first kappa shape index (κ1) is 46.2. The molecule has 0 heterocycles. The molecule has 5 saturated carbocycles. The molecule has 0 aromatic heterocycles. The van der Waals surface area contributed by atoms with E-state index in [9.17, 15) is 0 Å². The molecule has 5 aliphatic rings. The predicted octanol–water partition coefficient (Wildman–Crippen LogP) is 14.8. The normalized spacial score (nSPS) is 37.5. The molecule has 5 fully saturated rings. The van der Waals surface area contributed by atoms with Gasteiger partial charge in [0.05, 0.1) is 6.10 Å². The molecule has 14 atom stereocenters. The van der Waals surface area contributed by atoms with Gasteiger partial charge in [0.1, 0.15) is 0 Å². The van der Waals surface area contributed by atoms with E-state index in [1.165, 1.54) is 73.6 Å². The molecule has 0 saturated heterocycles. The monoisotopic (exact) mass is 828 g/mol. The molecule has 2 aromatic rings. The van der Waals surface area contributed by atoms with Crippen molar-refractivity contribution in [1.82, 2.24) is 0 Å². The van der Waals surface area contributed by atoms with Crippen molar-refractivity contribution in [2.45, 2.75) is 139 Å². The summed E-state index contributed by atoms with van der Waals surface area (Å²) in [5.41, 5.74) is 9.27. The van der Waals surface area contributed by atoms with Gasteiger partial charge < -0.3 is 19.6 Å². The summed E-state index contributed by atoms with van der Waals surface area (Å²) in [7, 11) is 11.9. The Labute approximate surface area is 341 Å². The van der Waals surface area contributed by atoms with Gasteiger partial charge in [0.25, 0.3) is 0 Å². The second-order valence-electron chi connectivity index (χ2n) is 19.1. The third-order valence-electron chi connectivity index (χ3n) is 15.1. The Bertz CT molecular complexity index is 1390. The van der Waals surface area contributed by atoms with Gasteiger partial charge in [0.15, 0.2) is 0 Å². The molecule has 4 heteroatoms. The van der Waals surface area contributed by atoms with Crippen LogP contribution in [0.15, 0.2) is 36.4 Å². The molecular weight excluding hydrogens is 755 g/mol. The van der Waals surface area contributed by atoms with E-state index in [2.05, 4.69) is 98.7 Å². The van der Waals surface area contributed by atoms with E-state index in [1.54, 1.807) is 11.1 Å². The molecule has 52 heavy (non-hydrogen) atoms. The first-order chi connectivity index (χ1) is 23.2. The van der Waals surface area contributed by atoms with Crippen molar-refractivity contribution in [3.63, 3.8) is 0 Å². The van der Waals surface area contributed by atoms with E-state index < -0.39 is 20.8 Å². The first-order valence-corrected chi connectivity index (χ1v) is 26.2. The Morgan fingerprint density at radius 2 is 1.10 bits per heavy atom. The SMILES string of the molecule is C.COC1C(c2cc(C)cc(C)c2)C2CC(C)C(CC3C(C)CC4C3CC3CCCC3C4c3cc(C)cc(C)c3)C2CC1C(C)(C)C.[CH3-].[CH3-].[Cl][Zr+2][Cl].